The summed E-state index contributed by atoms with van der Waals surface area (Å²) in [5.74, 6) is 0.931. The standard InChI is InChI=1S/C19H30N2/c1-4-15-12-17(15)21-14-19(5-2,6-3)20-13-18(21)16-10-8-7-9-11-16/h7-11,15,17-18,20H,4-6,12-14H2,1-3H3. The summed E-state index contributed by atoms with van der Waals surface area (Å²) in [6.45, 7) is 9.32. The molecule has 0 radical (unpaired) electrons. The fraction of sp³-hybridized carbons (Fsp3) is 0.684. The largest absolute Gasteiger partial charge is 0.308 e. The molecule has 1 heterocycles. The van der Waals surface area contributed by atoms with Crippen LogP contribution in [0.4, 0.5) is 0 Å². The molecule has 3 rings (SSSR count). The van der Waals surface area contributed by atoms with Gasteiger partial charge in [-0.15, -0.1) is 0 Å². The Morgan fingerprint density at radius 3 is 2.43 bits per heavy atom. The van der Waals surface area contributed by atoms with Crippen LogP contribution in [-0.4, -0.2) is 29.6 Å². The molecular formula is C19H30N2. The van der Waals surface area contributed by atoms with Gasteiger partial charge < -0.3 is 5.32 Å². The second kappa shape index (κ2) is 6.10. The van der Waals surface area contributed by atoms with Crippen LogP contribution in [0, 0.1) is 5.92 Å². The first-order valence-corrected chi connectivity index (χ1v) is 8.78. The highest BCUT2D eigenvalue weighted by molar-refractivity contribution is 5.22. The van der Waals surface area contributed by atoms with Gasteiger partial charge in [0.25, 0.3) is 0 Å². The topological polar surface area (TPSA) is 15.3 Å². The molecule has 1 aliphatic heterocycles. The lowest BCUT2D eigenvalue weighted by Gasteiger charge is -2.48. The highest BCUT2D eigenvalue weighted by Gasteiger charge is 2.48. The molecule has 3 atom stereocenters. The zero-order valence-electron chi connectivity index (χ0n) is 13.8. The van der Waals surface area contributed by atoms with Crippen LogP contribution in [0.15, 0.2) is 30.3 Å². The van der Waals surface area contributed by atoms with Gasteiger partial charge >= 0.3 is 0 Å². The summed E-state index contributed by atoms with van der Waals surface area (Å²) in [5.41, 5.74) is 1.80. The molecule has 2 fully saturated rings. The van der Waals surface area contributed by atoms with Gasteiger partial charge in [-0.05, 0) is 30.7 Å². The van der Waals surface area contributed by atoms with Crippen LogP contribution in [-0.2, 0) is 0 Å². The lowest BCUT2D eigenvalue weighted by atomic mass is 9.87. The number of rotatable bonds is 5. The Hall–Kier alpha value is -0.860. The fourth-order valence-corrected chi connectivity index (χ4v) is 4.08. The van der Waals surface area contributed by atoms with Crippen molar-refractivity contribution < 1.29 is 0 Å². The van der Waals surface area contributed by atoms with Gasteiger partial charge in [-0.25, -0.2) is 0 Å². The van der Waals surface area contributed by atoms with Crippen molar-refractivity contribution in [3.63, 3.8) is 0 Å². The van der Waals surface area contributed by atoms with E-state index in [1.807, 2.05) is 0 Å². The van der Waals surface area contributed by atoms with Crippen molar-refractivity contribution in [2.24, 2.45) is 5.92 Å². The Kier molecular flexibility index (Phi) is 4.37. The second-order valence-electron chi connectivity index (χ2n) is 6.94. The molecule has 2 heteroatoms. The van der Waals surface area contributed by atoms with Crippen LogP contribution >= 0.6 is 0 Å². The van der Waals surface area contributed by atoms with Crippen molar-refractivity contribution in [3.05, 3.63) is 35.9 Å². The fourth-order valence-electron chi connectivity index (χ4n) is 4.08. The maximum atomic E-state index is 3.88. The van der Waals surface area contributed by atoms with E-state index >= 15 is 0 Å². The summed E-state index contributed by atoms with van der Waals surface area (Å²) in [6, 6.07) is 12.5. The Labute approximate surface area is 129 Å². The minimum atomic E-state index is 0.326. The first-order valence-electron chi connectivity index (χ1n) is 8.78. The van der Waals surface area contributed by atoms with Gasteiger partial charge in [-0.3, -0.25) is 4.90 Å². The number of hydrogen-bond acceptors (Lipinski definition) is 2. The molecule has 1 saturated carbocycles. The molecule has 1 aliphatic carbocycles. The number of nitrogens with one attached hydrogen (secondary N) is 1. The van der Waals surface area contributed by atoms with Crippen molar-refractivity contribution in [3.8, 4) is 0 Å². The monoisotopic (exact) mass is 286 g/mol. The Bertz CT molecular complexity index is 452. The van der Waals surface area contributed by atoms with Gasteiger partial charge in [-0.1, -0.05) is 57.5 Å². The summed E-state index contributed by atoms with van der Waals surface area (Å²) in [6.07, 6.45) is 5.20. The average Bonchev–Trinajstić information content (AvgIpc) is 3.35. The van der Waals surface area contributed by atoms with Crippen LogP contribution in [0.3, 0.4) is 0 Å². The molecule has 0 bridgehead atoms. The van der Waals surface area contributed by atoms with Gasteiger partial charge in [0.05, 0.1) is 0 Å². The molecule has 21 heavy (non-hydrogen) atoms. The highest BCUT2D eigenvalue weighted by atomic mass is 15.3. The van der Waals surface area contributed by atoms with Gasteiger partial charge in [0, 0.05) is 30.7 Å². The first kappa shape index (κ1) is 15.1. The average molecular weight is 286 g/mol. The van der Waals surface area contributed by atoms with E-state index in [1.165, 1.54) is 37.8 Å². The third-order valence-corrected chi connectivity index (χ3v) is 5.93. The molecule has 116 valence electrons. The van der Waals surface area contributed by atoms with Crippen LogP contribution in [0.1, 0.15) is 58.1 Å². The van der Waals surface area contributed by atoms with E-state index in [1.54, 1.807) is 0 Å². The van der Waals surface area contributed by atoms with Crippen LogP contribution < -0.4 is 5.32 Å². The summed E-state index contributed by atoms with van der Waals surface area (Å²) in [4.78, 5) is 2.83. The van der Waals surface area contributed by atoms with E-state index in [9.17, 15) is 0 Å². The molecule has 1 aromatic rings. The van der Waals surface area contributed by atoms with Crippen molar-refractivity contribution in [1.29, 1.82) is 0 Å². The predicted molar refractivity (Wildman–Crippen MR) is 89.4 cm³/mol. The molecule has 0 amide bonds. The SMILES string of the molecule is CCC1CC1N1CC(CC)(CC)NCC1c1ccccc1. The minimum absolute atomic E-state index is 0.326. The summed E-state index contributed by atoms with van der Waals surface area (Å²) < 4.78 is 0. The van der Waals surface area contributed by atoms with E-state index in [0.29, 0.717) is 11.6 Å². The van der Waals surface area contributed by atoms with Crippen molar-refractivity contribution in [1.82, 2.24) is 10.2 Å². The Morgan fingerprint density at radius 1 is 1.14 bits per heavy atom. The number of nitrogens with zero attached hydrogens (tertiary/aromatic N) is 1. The van der Waals surface area contributed by atoms with E-state index in [4.69, 9.17) is 0 Å². The second-order valence-corrected chi connectivity index (χ2v) is 6.94. The van der Waals surface area contributed by atoms with Crippen LogP contribution in [0.25, 0.3) is 0 Å². The van der Waals surface area contributed by atoms with Gasteiger partial charge in [0.1, 0.15) is 0 Å². The maximum absolute atomic E-state index is 3.88. The molecule has 0 aromatic heterocycles. The zero-order chi connectivity index (χ0) is 14.9. The smallest absolute Gasteiger partial charge is 0.0476 e. The predicted octanol–water partition coefficient (Wildman–Crippen LogP) is 3.99. The first-order chi connectivity index (χ1) is 10.2. The number of benzene rings is 1. The molecule has 1 aromatic carbocycles. The summed E-state index contributed by atoms with van der Waals surface area (Å²) >= 11 is 0. The Morgan fingerprint density at radius 2 is 1.86 bits per heavy atom. The minimum Gasteiger partial charge on any atom is -0.308 e. The molecule has 2 aliphatic rings. The highest BCUT2D eigenvalue weighted by Crippen LogP contribution is 2.44. The van der Waals surface area contributed by atoms with Gasteiger partial charge in [0.2, 0.25) is 0 Å². The number of piperazine rings is 1. The third-order valence-electron chi connectivity index (χ3n) is 5.93. The molecule has 3 unspecified atom stereocenters. The Balaban J connectivity index is 1.83. The maximum Gasteiger partial charge on any atom is 0.0476 e. The van der Waals surface area contributed by atoms with Crippen molar-refractivity contribution in [2.45, 2.75) is 64.1 Å². The third kappa shape index (κ3) is 2.89. The van der Waals surface area contributed by atoms with Crippen LogP contribution in [0.5, 0.6) is 0 Å². The number of hydrogen-bond donors (Lipinski definition) is 1. The summed E-state index contributed by atoms with van der Waals surface area (Å²) in [7, 11) is 0. The van der Waals surface area contributed by atoms with E-state index in [-0.39, 0.29) is 0 Å². The van der Waals surface area contributed by atoms with Crippen molar-refractivity contribution in [2.75, 3.05) is 13.1 Å². The lowest BCUT2D eigenvalue weighted by Crippen LogP contribution is -2.61. The molecule has 1 saturated heterocycles. The molecule has 1 N–H and O–H groups in total. The quantitative estimate of drug-likeness (QED) is 0.880. The normalized spacial score (nSPS) is 32.0. The molecule has 0 spiro atoms. The lowest BCUT2D eigenvalue weighted by molar-refractivity contribution is 0.0608. The van der Waals surface area contributed by atoms with E-state index in [2.05, 4.69) is 61.3 Å². The van der Waals surface area contributed by atoms with Gasteiger partial charge in [0.15, 0.2) is 0 Å². The molecule has 2 nitrogen and oxygen atoms in total. The van der Waals surface area contributed by atoms with E-state index < -0.39 is 0 Å². The summed E-state index contributed by atoms with van der Waals surface area (Å²) in [5, 5.41) is 3.88. The zero-order valence-corrected chi connectivity index (χ0v) is 13.8. The van der Waals surface area contributed by atoms with Gasteiger partial charge in [-0.2, -0.15) is 0 Å². The molecular weight excluding hydrogens is 256 g/mol. The van der Waals surface area contributed by atoms with Crippen LogP contribution in [0.2, 0.25) is 0 Å². The van der Waals surface area contributed by atoms with E-state index in [0.717, 1.165) is 18.5 Å². The van der Waals surface area contributed by atoms with Crippen molar-refractivity contribution >= 4 is 0 Å².